The monoisotopic (exact) mass is 360 g/mol. The fraction of sp³-hybridized carbons (Fsp3) is 0.450. The second-order valence-corrected chi connectivity index (χ2v) is 7.24. The van der Waals surface area contributed by atoms with Crippen LogP contribution in [0.2, 0.25) is 5.02 Å². The number of aryl methyl sites for hydroxylation is 1. The molecule has 0 radical (unpaired) electrons. The highest BCUT2D eigenvalue weighted by molar-refractivity contribution is 6.30. The highest BCUT2D eigenvalue weighted by Gasteiger charge is 2.34. The standard InChI is InChI=1S/C20H25ClN2O2/c1-2-3-10-23-11-7-18(15-19(23)24)22-12-8-20(25,9-13-22)16-5-4-6-17(21)14-16/h4-7,11,14-15,25H,2-3,8-10,12-13H2,1H3. The van der Waals surface area contributed by atoms with E-state index in [4.69, 9.17) is 11.6 Å². The Morgan fingerprint density at radius 3 is 2.60 bits per heavy atom. The maximum atomic E-state index is 12.2. The Hall–Kier alpha value is -1.78. The van der Waals surface area contributed by atoms with Crippen molar-refractivity contribution in [2.24, 2.45) is 0 Å². The van der Waals surface area contributed by atoms with Crippen molar-refractivity contribution in [2.45, 2.75) is 44.8 Å². The molecule has 1 aromatic carbocycles. The topological polar surface area (TPSA) is 45.5 Å². The molecule has 0 spiro atoms. The maximum absolute atomic E-state index is 12.2. The zero-order valence-corrected chi connectivity index (χ0v) is 15.4. The second-order valence-electron chi connectivity index (χ2n) is 6.80. The van der Waals surface area contributed by atoms with Crippen molar-refractivity contribution in [3.63, 3.8) is 0 Å². The third-order valence-electron chi connectivity index (χ3n) is 5.05. The van der Waals surface area contributed by atoms with Gasteiger partial charge in [0.15, 0.2) is 0 Å². The predicted octanol–water partition coefficient (Wildman–Crippen LogP) is 3.79. The maximum Gasteiger partial charge on any atom is 0.252 e. The van der Waals surface area contributed by atoms with Crippen molar-refractivity contribution in [3.05, 3.63) is 63.5 Å². The first-order chi connectivity index (χ1) is 12.0. The molecule has 134 valence electrons. The van der Waals surface area contributed by atoms with Gasteiger partial charge in [0.25, 0.3) is 5.56 Å². The van der Waals surface area contributed by atoms with Crippen molar-refractivity contribution in [3.8, 4) is 0 Å². The number of hydrogen-bond donors (Lipinski definition) is 1. The molecule has 0 saturated carbocycles. The minimum atomic E-state index is -0.850. The van der Waals surface area contributed by atoms with Crippen LogP contribution in [0.15, 0.2) is 47.4 Å². The van der Waals surface area contributed by atoms with Crippen molar-refractivity contribution in [1.29, 1.82) is 0 Å². The Labute approximate surface area is 153 Å². The number of pyridine rings is 1. The van der Waals surface area contributed by atoms with Gasteiger partial charge in [-0.1, -0.05) is 37.1 Å². The highest BCUT2D eigenvalue weighted by atomic mass is 35.5. The normalized spacial score (nSPS) is 16.8. The van der Waals surface area contributed by atoms with E-state index in [1.54, 1.807) is 10.6 Å². The molecular weight excluding hydrogens is 336 g/mol. The second kappa shape index (κ2) is 7.63. The van der Waals surface area contributed by atoms with Crippen molar-refractivity contribution in [2.75, 3.05) is 18.0 Å². The van der Waals surface area contributed by atoms with Crippen LogP contribution in [0.25, 0.3) is 0 Å². The Balaban J connectivity index is 1.70. The van der Waals surface area contributed by atoms with Crippen LogP contribution >= 0.6 is 11.6 Å². The Kier molecular flexibility index (Phi) is 5.50. The molecule has 0 atom stereocenters. The van der Waals surface area contributed by atoms with Crippen LogP contribution in [-0.2, 0) is 12.1 Å². The lowest BCUT2D eigenvalue weighted by molar-refractivity contribution is 0.0118. The number of rotatable bonds is 5. The molecule has 1 saturated heterocycles. The molecule has 0 aliphatic carbocycles. The lowest BCUT2D eigenvalue weighted by Crippen LogP contribution is -2.43. The number of benzene rings is 1. The summed E-state index contributed by atoms with van der Waals surface area (Å²) in [5, 5.41) is 11.6. The Morgan fingerprint density at radius 1 is 1.20 bits per heavy atom. The van der Waals surface area contributed by atoms with Crippen LogP contribution in [0.3, 0.4) is 0 Å². The van der Waals surface area contributed by atoms with Crippen LogP contribution in [-0.4, -0.2) is 22.8 Å². The lowest BCUT2D eigenvalue weighted by Gasteiger charge is -2.39. The van der Waals surface area contributed by atoms with Gasteiger partial charge < -0.3 is 14.6 Å². The average Bonchev–Trinajstić information content (AvgIpc) is 2.61. The zero-order valence-electron chi connectivity index (χ0n) is 14.6. The minimum Gasteiger partial charge on any atom is -0.385 e. The van der Waals surface area contributed by atoms with Gasteiger partial charge in [-0.2, -0.15) is 0 Å². The molecule has 0 amide bonds. The molecule has 25 heavy (non-hydrogen) atoms. The summed E-state index contributed by atoms with van der Waals surface area (Å²) in [4.78, 5) is 14.4. The summed E-state index contributed by atoms with van der Waals surface area (Å²) >= 11 is 6.06. The van der Waals surface area contributed by atoms with Crippen LogP contribution in [0, 0.1) is 0 Å². The molecule has 3 rings (SSSR count). The number of aliphatic hydroxyl groups is 1. The zero-order chi connectivity index (χ0) is 17.9. The molecule has 2 aromatic rings. The van der Waals surface area contributed by atoms with E-state index in [1.165, 1.54) is 0 Å². The van der Waals surface area contributed by atoms with Gasteiger partial charge in [0.05, 0.1) is 5.60 Å². The number of halogens is 1. The highest BCUT2D eigenvalue weighted by Crippen LogP contribution is 2.35. The first kappa shape index (κ1) is 18.0. The van der Waals surface area contributed by atoms with E-state index in [1.807, 2.05) is 36.5 Å². The third-order valence-corrected chi connectivity index (χ3v) is 5.29. The fourth-order valence-corrected chi connectivity index (χ4v) is 3.60. The van der Waals surface area contributed by atoms with Gasteiger partial charge in [0.2, 0.25) is 0 Å². The summed E-state index contributed by atoms with van der Waals surface area (Å²) in [7, 11) is 0. The molecule has 2 heterocycles. The molecule has 1 N–H and O–H groups in total. The number of piperidine rings is 1. The summed E-state index contributed by atoms with van der Waals surface area (Å²) < 4.78 is 1.76. The third kappa shape index (κ3) is 4.07. The number of unbranched alkanes of at least 4 members (excludes halogenated alkanes) is 1. The summed E-state index contributed by atoms with van der Waals surface area (Å²) in [6.45, 7) is 4.31. The number of hydrogen-bond acceptors (Lipinski definition) is 3. The number of aromatic nitrogens is 1. The van der Waals surface area contributed by atoms with Gasteiger partial charge >= 0.3 is 0 Å². The Bertz CT molecular complexity index is 779. The fourth-order valence-electron chi connectivity index (χ4n) is 3.41. The predicted molar refractivity (Wildman–Crippen MR) is 102 cm³/mol. The van der Waals surface area contributed by atoms with Crippen molar-refractivity contribution < 1.29 is 5.11 Å². The molecule has 1 fully saturated rings. The number of anilines is 1. The first-order valence-corrected chi connectivity index (χ1v) is 9.33. The van der Waals surface area contributed by atoms with Crippen LogP contribution in [0.5, 0.6) is 0 Å². The van der Waals surface area contributed by atoms with Gasteiger partial charge in [0.1, 0.15) is 0 Å². The van der Waals surface area contributed by atoms with Gasteiger partial charge in [-0.3, -0.25) is 4.79 Å². The van der Waals surface area contributed by atoms with Crippen LogP contribution < -0.4 is 10.5 Å². The molecule has 1 aliphatic rings. The summed E-state index contributed by atoms with van der Waals surface area (Å²) in [5.74, 6) is 0. The Morgan fingerprint density at radius 2 is 1.96 bits per heavy atom. The quantitative estimate of drug-likeness (QED) is 0.882. The van der Waals surface area contributed by atoms with Gasteiger partial charge in [-0.15, -0.1) is 0 Å². The largest absolute Gasteiger partial charge is 0.385 e. The van der Waals surface area contributed by atoms with E-state index in [0.29, 0.717) is 31.0 Å². The van der Waals surface area contributed by atoms with E-state index in [0.717, 1.165) is 30.6 Å². The van der Waals surface area contributed by atoms with E-state index < -0.39 is 5.60 Å². The minimum absolute atomic E-state index is 0.0432. The molecule has 5 heteroatoms. The lowest BCUT2D eigenvalue weighted by atomic mass is 9.84. The molecule has 4 nitrogen and oxygen atoms in total. The van der Waals surface area contributed by atoms with Crippen molar-refractivity contribution in [1.82, 2.24) is 4.57 Å². The molecule has 1 aromatic heterocycles. The van der Waals surface area contributed by atoms with Crippen LogP contribution in [0.4, 0.5) is 5.69 Å². The van der Waals surface area contributed by atoms with Gasteiger partial charge in [-0.25, -0.2) is 0 Å². The van der Waals surface area contributed by atoms with E-state index >= 15 is 0 Å². The van der Waals surface area contributed by atoms with Crippen molar-refractivity contribution >= 4 is 17.3 Å². The first-order valence-electron chi connectivity index (χ1n) is 8.96. The van der Waals surface area contributed by atoms with Crippen LogP contribution in [0.1, 0.15) is 38.2 Å². The summed E-state index contributed by atoms with van der Waals surface area (Å²) in [5.41, 5.74) is 1.000. The molecule has 0 bridgehead atoms. The smallest absolute Gasteiger partial charge is 0.252 e. The van der Waals surface area contributed by atoms with E-state index in [9.17, 15) is 9.90 Å². The number of nitrogens with zero attached hydrogens (tertiary/aromatic N) is 2. The van der Waals surface area contributed by atoms with E-state index in [-0.39, 0.29) is 5.56 Å². The van der Waals surface area contributed by atoms with Gasteiger partial charge in [0, 0.05) is 42.6 Å². The summed E-state index contributed by atoms with van der Waals surface area (Å²) in [6.07, 6.45) is 5.20. The van der Waals surface area contributed by atoms with E-state index in [2.05, 4.69) is 11.8 Å². The van der Waals surface area contributed by atoms with Gasteiger partial charge in [-0.05, 0) is 43.0 Å². The summed E-state index contributed by atoms with van der Waals surface area (Å²) in [6, 6.07) is 11.2. The molecule has 1 aliphatic heterocycles. The average molecular weight is 361 g/mol. The molecular formula is C20H25ClN2O2. The molecule has 0 unspecified atom stereocenters. The SMILES string of the molecule is CCCCn1ccc(N2CCC(O)(c3cccc(Cl)c3)CC2)cc1=O.